The van der Waals surface area contributed by atoms with Crippen LogP contribution in [0.25, 0.3) is 5.65 Å². The Morgan fingerprint density at radius 3 is 2.51 bits per heavy atom. The fraction of sp³-hybridized carbons (Fsp3) is 0.355. The average Bonchev–Trinajstić information content (AvgIpc) is 3.58. The maximum Gasteiger partial charge on any atom is 0.402 e. The van der Waals surface area contributed by atoms with E-state index >= 15 is 0 Å². The number of carbonyl (C=O) groups excluding carboxylic acids is 1. The van der Waals surface area contributed by atoms with Crippen LogP contribution in [0.2, 0.25) is 0 Å². The molecule has 1 saturated heterocycles. The van der Waals surface area contributed by atoms with Gasteiger partial charge in [0.2, 0.25) is 5.88 Å². The SMILES string of the molecule is Cc1ccc(Oc2ccc3nc(N)cn3n2)cc1NC(=O)c1cccc(OCCN2CCCC2)c1C(C)(C)C.NC(=O)O. The van der Waals surface area contributed by atoms with E-state index in [2.05, 4.69) is 46.8 Å². The quantitative estimate of drug-likeness (QED) is 0.219. The van der Waals surface area contributed by atoms with Crippen LogP contribution in [-0.4, -0.2) is 62.8 Å². The zero-order valence-corrected chi connectivity index (χ0v) is 25.0. The van der Waals surface area contributed by atoms with E-state index in [0.717, 1.165) is 36.5 Å². The van der Waals surface area contributed by atoms with Crippen molar-refractivity contribution in [2.45, 2.75) is 46.0 Å². The van der Waals surface area contributed by atoms with Gasteiger partial charge >= 0.3 is 6.09 Å². The highest BCUT2D eigenvalue weighted by Gasteiger charge is 2.27. The zero-order chi connectivity index (χ0) is 31.1. The number of nitrogen functional groups attached to an aromatic ring is 1. The van der Waals surface area contributed by atoms with Crippen LogP contribution in [0, 0.1) is 6.92 Å². The van der Waals surface area contributed by atoms with Crippen molar-refractivity contribution in [3.8, 4) is 17.4 Å². The van der Waals surface area contributed by atoms with Crippen LogP contribution in [0.5, 0.6) is 17.4 Å². The van der Waals surface area contributed by atoms with Crippen molar-refractivity contribution in [3.63, 3.8) is 0 Å². The first kappa shape index (κ1) is 31.1. The lowest BCUT2D eigenvalue weighted by atomic mass is 9.82. The molecule has 6 N–H and O–H groups in total. The van der Waals surface area contributed by atoms with Crippen LogP contribution >= 0.6 is 0 Å². The first-order valence-corrected chi connectivity index (χ1v) is 14.1. The number of aryl methyl sites for hydroxylation is 1. The molecule has 2 aromatic heterocycles. The molecular formula is C31H39N7O5. The maximum atomic E-state index is 13.6. The second kappa shape index (κ2) is 13.4. The number of ether oxygens (including phenoxy) is 2. The number of nitrogens with zero attached hydrogens (tertiary/aromatic N) is 4. The second-order valence-corrected chi connectivity index (χ2v) is 11.3. The number of benzene rings is 2. The van der Waals surface area contributed by atoms with Gasteiger partial charge in [-0.2, -0.15) is 0 Å². The Morgan fingerprint density at radius 1 is 1.09 bits per heavy atom. The lowest BCUT2D eigenvalue weighted by Gasteiger charge is -2.26. The molecule has 1 fully saturated rings. The number of rotatable bonds is 8. The van der Waals surface area contributed by atoms with E-state index in [1.165, 1.54) is 12.8 Å². The van der Waals surface area contributed by atoms with E-state index in [0.29, 0.717) is 41.0 Å². The van der Waals surface area contributed by atoms with Crippen molar-refractivity contribution in [2.24, 2.45) is 5.73 Å². The molecule has 0 atom stereocenters. The molecule has 0 saturated carbocycles. The molecule has 12 heteroatoms. The molecule has 43 heavy (non-hydrogen) atoms. The van der Waals surface area contributed by atoms with Gasteiger partial charge < -0.3 is 31.4 Å². The van der Waals surface area contributed by atoms with Gasteiger partial charge in [0.1, 0.15) is 23.9 Å². The van der Waals surface area contributed by atoms with E-state index in [-0.39, 0.29) is 11.3 Å². The molecule has 2 aromatic carbocycles. The molecule has 2 amide bonds. The number of anilines is 2. The summed E-state index contributed by atoms with van der Waals surface area (Å²) in [4.78, 5) is 29.0. The third-order valence-electron chi connectivity index (χ3n) is 6.88. The summed E-state index contributed by atoms with van der Waals surface area (Å²) in [7, 11) is 0. The maximum absolute atomic E-state index is 13.6. The first-order chi connectivity index (χ1) is 20.4. The van der Waals surface area contributed by atoms with Gasteiger partial charge in [-0.25, -0.2) is 14.3 Å². The van der Waals surface area contributed by atoms with Gasteiger partial charge in [0, 0.05) is 35.5 Å². The number of nitrogens with two attached hydrogens (primary N) is 2. The van der Waals surface area contributed by atoms with E-state index in [4.69, 9.17) is 25.1 Å². The van der Waals surface area contributed by atoms with Gasteiger partial charge in [0.05, 0.1) is 6.20 Å². The largest absolute Gasteiger partial charge is 0.492 e. The van der Waals surface area contributed by atoms with Crippen LogP contribution in [0.3, 0.4) is 0 Å². The number of hydrogen-bond acceptors (Lipinski definition) is 8. The number of likely N-dealkylation sites (tertiary alicyclic amines) is 1. The minimum absolute atomic E-state index is 0.196. The average molecular weight is 590 g/mol. The Kier molecular flexibility index (Phi) is 9.71. The van der Waals surface area contributed by atoms with Gasteiger partial charge in [0.25, 0.3) is 5.91 Å². The summed E-state index contributed by atoms with van der Waals surface area (Å²) in [6.07, 6.45) is 2.79. The van der Waals surface area contributed by atoms with Crippen molar-refractivity contribution < 1.29 is 24.2 Å². The number of amides is 2. The van der Waals surface area contributed by atoms with Gasteiger partial charge in [-0.05, 0) is 68.1 Å². The number of carbonyl (C=O) groups is 2. The molecule has 0 spiro atoms. The van der Waals surface area contributed by atoms with Gasteiger partial charge in [0.15, 0.2) is 5.65 Å². The summed E-state index contributed by atoms with van der Waals surface area (Å²) in [6.45, 7) is 12.0. The number of imidazole rings is 1. The standard InChI is InChI=1S/C30H36N6O3.CH3NO2/c1-20-10-11-21(39-27-13-12-26-33-25(31)19-36(26)34-27)18-23(20)32-29(37)22-8-7-9-24(28(22)30(2,3)4)38-17-16-35-14-5-6-15-35;2-1(3)4/h7-13,18-19H,5-6,14-17,31H2,1-4H3,(H,32,37);2H2,(H,3,4). The molecule has 3 heterocycles. The summed E-state index contributed by atoms with van der Waals surface area (Å²) in [5.74, 6) is 1.87. The summed E-state index contributed by atoms with van der Waals surface area (Å²) in [6, 6.07) is 14.7. The van der Waals surface area contributed by atoms with Crippen LogP contribution in [0.1, 0.15) is 55.1 Å². The summed E-state index contributed by atoms with van der Waals surface area (Å²) < 4.78 is 13.8. The molecule has 0 unspecified atom stereocenters. The number of hydrogen-bond donors (Lipinski definition) is 4. The van der Waals surface area contributed by atoms with Crippen molar-refractivity contribution in [3.05, 3.63) is 71.4 Å². The summed E-state index contributed by atoms with van der Waals surface area (Å²) >= 11 is 0. The molecule has 5 rings (SSSR count). The van der Waals surface area contributed by atoms with Crippen molar-refractivity contribution >= 4 is 29.2 Å². The zero-order valence-electron chi connectivity index (χ0n) is 25.0. The van der Waals surface area contributed by atoms with E-state index in [1.54, 1.807) is 28.9 Å². The molecule has 1 aliphatic rings. The number of primary amides is 1. The molecule has 0 radical (unpaired) electrons. The fourth-order valence-corrected chi connectivity index (χ4v) is 4.95. The Hall–Kier alpha value is -4.84. The van der Waals surface area contributed by atoms with E-state index < -0.39 is 6.09 Å². The molecule has 228 valence electrons. The molecule has 4 aromatic rings. The number of carboxylic acid groups (broad SMARTS) is 1. The minimum atomic E-state index is -1.33. The van der Waals surface area contributed by atoms with Gasteiger partial charge in [-0.15, -0.1) is 5.10 Å². The third-order valence-corrected chi connectivity index (χ3v) is 6.88. The van der Waals surface area contributed by atoms with E-state index in [1.807, 2.05) is 37.3 Å². The van der Waals surface area contributed by atoms with Crippen LogP contribution < -0.4 is 26.3 Å². The highest BCUT2D eigenvalue weighted by molar-refractivity contribution is 6.06. The Labute approximate surface area is 250 Å². The highest BCUT2D eigenvalue weighted by atomic mass is 16.5. The number of fused-ring (bicyclic) bond motifs is 1. The predicted molar refractivity (Wildman–Crippen MR) is 165 cm³/mol. The summed E-state index contributed by atoms with van der Waals surface area (Å²) in [5, 5.41) is 14.7. The van der Waals surface area contributed by atoms with Crippen LogP contribution in [-0.2, 0) is 5.41 Å². The fourth-order valence-electron chi connectivity index (χ4n) is 4.95. The lowest BCUT2D eigenvalue weighted by molar-refractivity contribution is 0.102. The Balaban J connectivity index is 0.000000996. The molecule has 0 bridgehead atoms. The number of aromatic nitrogens is 3. The molecule has 12 nitrogen and oxygen atoms in total. The number of nitrogens with one attached hydrogen (secondary N) is 1. The Morgan fingerprint density at radius 2 is 1.81 bits per heavy atom. The lowest BCUT2D eigenvalue weighted by Crippen LogP contribution is -2.26. The normalized spacial score (nSPS) is 13.3. The van der Waals surface area contributed by atoms with Crippen molar-refractivity contribution in [1.82, 2.24) is 19.5 Å². The minimum Gasteiger partial charge on any atom is -0.492 e. The highest BCUT2D eigenvalue weighted by Crippen LogP contribution is 2.35. The first-order valence-electron chi connectivity index (χ1n) is 14.1. The Bertz CT molecular complexity index is 1590. The predicted octanol–water partition coefficient (Wildman–Crippen LogP) is 5.06. The van der Waals surface area contributed by atoms with Gasteiger partial charge in [-0.3, -0.25) is 9.69 Å². The monoisotopic (exact) mass is 589 g/mol. The van der Waals surface area contributed by atoms with Gasteiger partial charge in [-0.1, -0.05) is 32.9 Å². The van der Waals surface area contributed by atoms with E-state index in [9.17, 15) is 4.79 Å². The van der Waals surface area contributed by atoms with Crippen LogP contribution in [0.4, 0.5) is 16.3 Å². The van der Waals surface area contributed by atoms with Crippen molar-refractivity contribution in [2.75, 3.05) is 37.3 Å². The topological polar surface area (TPSA) is 170 Å². The smallest absolute Gasteiger partial charge is 0.402 e. The molecule has 0 aliphatic carbocycles. The van der Waals surface area contributed by atoms with Crippen LogP contribution in [0.15, 0.2) is 54.7 Å². The second-order valence-electron chi connectivity index (χ2n) is 11.3. The third kappa shape index (κ3) is 8.35. The summed E-state index contributed by atoms with van der Waals surface area (Å²) in [5.41, 5.74) is 13.2. The van der Waals surface area contributed by atoms with Crippen molar-refractivity contribution in [1.29, 1.82) is 0 Å². The molecule has 1 aliphatic heterocycles. The molecular weight excluding hydrogens is 550 g/mol.